The van der Waals surface area contributed by atoms with Crippen LogP contribution in [0.2, 0.25) is 0 Å². The zero-order valence-electron chi connectivity index (χ0n) is 14.0. The molecule has 1 unspecified atom stereocenters. The van der Waals surface area contributed by atoms with Gasteiger partial charge < -0.3 is 15.2 Å². The van der Waals surface area contributed by atoms with Gasteiger partial charge >= 0.3 is 0 Å². The van der Waals surface area contributed by atoms with Crippen molar-refractivity contribution in [2.75, 3.05) is 0 Å². The number of hydrogen-bond donors (Lipinski definition) is 2. The van der Waals surface area contributed by atoms with Crippen LogP contribution in [0.5, 0.6) is 0 Å². The molecule has 0 bridgehead atoms. The third-order valence-electron chi connectivity index (χ3n) is 5.01. The molecule has 2 aliphatic rings. The summed E-state index contributed by atoms with van der Waals surface area (Å²) >= 11 is 0. The maximum atomic E-state index is 12.9. The molecule has 6 heteroatoms. The van der Waals surface area contributed by atoms with Crippen molar-refractivity contribution < 1.29 is 9.59 Å². The van der Waals surface area contributed by atoms with Crippen molar-refractivity contribution in [3.8, 4) is 0 Å². The van der Waals surface area contributed by atoms with Crippen molar-refractivity contribution in [1.82, 2.24) is 20.2 Å². The first-order valence-corrected chi connectivity index (χ1v) is 8.61. The number of imidazole rings is 1. The largest absolute Gasteiger partial charge is 0.350 e. The monoisotopic (exact) mass is 318 g/mol. The Kier molecular flexibility index (Phi) is 4.41. The van der Waals surface area contributed by atoms with Gasteiger partial charge in [-0.1, -0.05) is 19.3 Å². The molecule has 2 N–H and O–H groups in total. The van der Waals surface area contributed by atoms with Gasteiger partial charge in [0.2, 0.25) is 11.8 Å². The van der Waals surface area contributed by atoms with Gasteiger partial charge in [-0.3, -0.25) is 9.59 Å². The van der Waals surface area contributed by atoms with E-state index in [0.717, 1.165) is 63.0 Å². The number of rotatable bonds is 3. The highest BCUT2D eigenvalue weighted by Crippen LogP contribution is 2.29. The summed E-state index contributed by atoms with van der Waals surface area (Å²) in [4.78, 5) is 29.0. The fraction of sp³-hybridized carbons (Fsp3) is 0.706. The Morgan fingerprint density at radius 3 is 2.74 bits per heavy atom. The Bertz CT molecular complexity index is 602. The zero-order chi connectivity index (χ0) is 16.4. The summed E-state index contributed by atoms with van der Waals surface area (Å²) in [7, 11) is 0. The molecule has 1 aliphatic carbocycles. The van der Waals surface area contributed by atoms with Gasteiger partial charge in [0.15, 0.2) is 0 Å². The smallest absolute Gasteiger partial charge is 0.246 e. The molecule has 3 rings (SSSR count). The molecule has 1 fully saturated rings. The predicted octanol–water partition coefficient (Wildman–Crippen LogP) is 1.46. The average Bonchev–Trinajstić information content (AvgIpc) is 2.86. The van der Waals surface area contributed by atoms with E-state index in [2.05, 4.69) is 20.2 Å². The fourth-order valence-electron chi connectivity index (χ4n) is 3.93. The maximum absolute atomic E-state index is 12.9. The summed E-state index contributed by atoms with van der Waals surface area (Å²) in [5.74, 6) is 0.957. The number of carbonyl (C=O) groups excluding carboxylic acids is 2. The van der Waals surface area contributed by atoms with Crippen LogP contribution >= 0.6 is 0 Å². The number of carbonyl (C=O) groups is 2. The van der Waals surface area contributed by atoms with Crippen LogP contribution in [-0.4, -0.2) is 32.9 Å². The molecule has 0 spiro atoms. The van der Waals surface area contributed by atoms with E-state index in [1.54, 1.807) is 0 Å². The summed E-state index contributed by atoms with van der Waals surface area (Å²) in [6.07, 6.45) is 8.41. The van der Waals surface area contributed by atoms with E-state index in [1.165, 1.54) is 6.92 Å². The van der Waals surface area contributed by atoms with Crippen LogP contribution in [-0.2, 0) is 22.6 Å². The van der Waals surface area contributed by atoms with Crippen molar-refractivity contribution in [1.29, 1.82) is 0 Å². The van der Waals surface area contributed by atoms with Crippen molar-refractivity contribution in [3.05, 3.63) is 17.7 Å². The SMILES string of the molecule is CC(=O)NC1(C(=O)NC2CCc3nc(C)cn3C2)CCCCC1. The maximum Gasteiger partial charge on any atom is 0.246 e. The molecule has 0 saturated heterocycles. The highest BCUT2D eigenvalue weighted by molar-refractivity contribution is 5.91. The molecule has 0 radical (unpaired) electrons. The summed E-state index contributed by atoms with van der Waals surface area (Å²) in [5.41, 5.74) is 0.309. The van der Waals surface area contributed by atoms with Crippen LogP contribution in [0.15, 0.2) is 6.20 Å². The number of aryl methyl sites for hydroxylation is 2. The normalized spacial score (nSPS) is 23.0. The van der Waals surface area contributed by atoms with Gasteiger partial charge in [-0.05, 0) is 26.2 Å². The molecule has 1 aromatic heterocycles. The molecule has 6 nitrogen and oxygen atoms in total. The van der Waals surface area contributed by atoms with E-state index in [0.29, 0.717) is 0 Å². The Morgan fingerprint density at radius 1 is 1.30 bits per heavy atom. The van der Waals surface area contributed by atoms with Gasteiger partial charge in [0.1, 0.15) is 11.4 Å². The van der Waals surface area contributed by atoms with E-state index < -0.39 is 5.54 Å². The van der Waals surface area contributed by atoms with Crippen molar-refractivity contribution in [2.45, 2.75) is 76.9 Å². The Hall–Kier alpha value is -1.85. The van der Waals surface area contributed by atoms with Crippen molar-refractivity contribution >= 4 is 11.8 Å². The van der Waals surface area contributed by atoms with Gasteiger partial charge in [-0.2, -0.15) is 0 Å². The summed E-state index contributed by atoms with van der Waals surface area (Å²) in [6.45, 7) is 4.25. The van der Waals surface area contributed by atoms with Gasteiger partial charge in [-0.15, -0.1) is 0 Å². The first-order valence-electron chi connectivity index (χ1n) is 8.61. The number of fused-ring (bicyclic) bond motifs is 1. The van der Waals surface area contributed by atoms with Gasteiger partial charge in [-0.25, -0.2) is 4.98 Å². The molecule has 1 aromatic rings. The van der Waals surface area contributed by atoms with Crippen LogP contribution in [0, 0.1) is 6.92 Å². The first kappa shape index (κ1) is 16.0. The lowest BCUT2D eigenvalue weighted by molar-refractivity contribution is -0.135. The molecule has 1 atom stereocenters. The van der Waals surface area contributed by atoms with Crippen LogP contribution in [0.1, 0.15) is 57.0 Å². The Labute approximate surface area is 137 Å². The summed E-state index contributed by atoms with van der Waals surface area (Å²) < 4.78 is 2.13. The van der Waals surface area contributed by atoms with Crippen LogP contribution in [0.25, 0.3) is 0 Å². The second-order valence-corrected chi connectivity index (χ2v) is 6.98. The van der Waals surface area contributed by atoms with Gasteiger partial charge in [0, 0.05) is 32.1 Å². The number of nitrogens with one attached hydrogen (secondary N) is 2. The second-order valence-electron chi connectivity index (χ2n) is 6.98. The lowest BCUT2D eigenvalue weighted by Gasteiger charge is -2.38. The van der Waals surface area contributed by atoms with E-state index in [1.807, 2.05) is 13.1 Å². The quantitative estimate of drug-likeness (QED) is 0.886. The molecule has 1 saturated carbocycles. The summed E-state index contributed by atoms with van der Waals surface area (Å²) in [6, 6.07) is 0.108. The average molecular weight is 318 g/mol. The van der Waals surface area contributed by atoms with Crippen molar-refractivity contribution in [3.63, 3.8) is 0 Å². The van der Waals surface area contributed by atoms with E-state index in [4.69, 9.17) is 0 Å². The molecule has 0 aromatic carbocycles. The zero-order valence-corrected chi connectivity index (χ0v) is 14.0. The predicted molar refractivity (Wildman–Crippen MR) is 86.8 cm³/mol. The molecule has 23 heavy (non-hydrogen) atoms. The summed E-state index contributed by atoms with van der Waals surface area (Å²) in [5, 5.41) is 6.12. The standard InChI is InChI=1S/C17H26N4O2/c1-12-10-21-11-14(6-7-15(21)18-12)19-16(23)17(20-13(2)22)8-4-3-5-9-17/h10,14H,3-9,11H2,1-2H3,(H,19,23)(H,20,22). The number of amides is 2. The van der Waals surface area contributed by atoms with Crippen LogP contribution in [0.4, 0.5) is 0 Å². The first-order chi connectivity index (χ1) is 11.0. The Balaban J connectivity index is 1.68. The highest BCUT2D eigenvalue weighted by atomic mass is 16.2. The van der Waals surface area contributed by atoms with E-state index in [-0.39, 0.29) is 17.9 Å². The molecular weight excluding hydrogens is 292 g/mol. The van der Waals surface area contributed by atoms with Crippen LogP contribution < -0.4 is 10.6 Å². The number of aromatic nitrogens is 2. The molecule has 1 aliphatic heterocycles. The van der Waals surface area contributed by atoms with E-state index >= 15 is 0 Å². The second kappa shape index (κ2) is 6.34. The Morgan fingerprint density at radius 2 is 2.04 bits per heavy atom. The third kappa shape index (κ3) is 3.41. The van der Waals surface area contributed by atoms with Gasteiger partial charge in [0.05, 0.1) is 5.69 Å². The topological polar surface area (TPSA) is 76.0 Å². The third-order valence-corrected chi connectivity index (χ3v) is 5.01. The minimum Gasteiger partial charge on any atom is -0.350 e. The number of hydrogen-bond acceptors (Lipinski definition) is 3. The molecule has 2 heterocycles. The molecular formula is C17H26N4O2. The fourth-order valence-corrected chi connectivity index (χ4v) is 3.93. The molecule has 2 amide bonds. The number of nitrogens with zero attached hydrogens (tertiary/aromatic N) is 2. The van der Waals surface area contributed by atoms with E-state index in [9.17, 15) is 9.59 Å². The lowest BCUT2D eigenvalue weighted by atomic mass is 9.80. The van der Waals surface area contributed by atoms with Gasteiger partial charge in [0.25, 0.3) is 0 Å². The molecule has 126 valence electrons. The highest BCUT2D eigenvalue weighted by Gasteiger charge is 2.41. The van der Waals surface area contributed by atoms with Crippen molar-refractivity contribution in [2.24, 2.45) is 0 Å². The van der Waals surface area contributed by atoms with Crippen LogP contribution in [0.3, 0.4) is 0 Å². The minimum absolute atomic E-state index is 0.0160. The minimum atomic E-state index is -0.713. The lowest BCUT2D eigenvalue weighted by Crippen LogP contribution is -2.61.